The van der Waals surface area contributed by atoms with E-state index in [1.807, 2.05) is 18.2 Å². The molecule has 0 fully saturated rings. The summed E-state index contributed by atoms with van der Waals surface area (Å²) in [5, 5.41) is 21.2. The Kier molecular flexibility index (Phi) is 4.83. The van der Waals surface area contributed by atoms with Gasteiger partial charge >= 0.3 is 0 Å². The fourth-order valence-corrected chi connectivity index (χ4v) is 4.05. The fraction of sp³-hybridized carbons (Fsp3) is 0.0625. The van der Waals surface area contributed by atoms with Crippen molar-refractivity contribution in [2.75, 3.05) is 5.32 Å². The minimum atomic E-state index is -0.176. The van der Waals surface area contributed by atoms with Crippen molar-refractivity contribution in [3.63, 3.8) is 0 Å². The third-order valence-electron chi connectivity index (χ3n) is 3.42. The molecule has 0 spiro atoms. The van der Waals surface area contributed by atoms with Crippen molar-refractivity contribution in [1.82, 2.24) is 25.2 Å². The van der Waals surface area contributed by atoms with Crippen molar-refractivity contribution >= 4 is 56.4 Å². The minimum absolute atomic E-state index is 0.176. The van der Waals surface area contributed by atoms with Gasteiger partial charge < -0.3 is 5.32 Å². The molecule has 0 bridgehead atoms. The van der Waals surface area contributed by atoms with Gasteiger partial charge in [-0.3, -0.25) is 4.79 Å². The number of thioether (sulfide) groups is 1. The summed E-state index contributed by atoms with van der Waals surface area (Å²) in [5.74, 6) is 0.308. The zero-order valence-corrected chi connectivity index (χ0v) is 15.6. The lowest BCUT2D eigenvalue weighted by molar-refractivity contribution is 0.644. The van der Waals surface area contributed by atoms with Crippen LogP contribution >= 0.6 is 34.7 Å². The Bertz CT molecular complexity index is 1130. The van der Waals surface area contributed by atoms with Crippen LogP contribution in [0.4, 0.5) is 10.8 Å². The predicted octanol–water partition coefficient (Wildman–Crippen LogP) is 3.79. The molecule has 2 aromatic heterocycles. The summed E-state index contributed by atoms with van der Waals surface area (Å²) in [6.45, 7) is 0. The molecule has 0 amide bonds. The molecule has 2 heterocycles. The van der Waals surface area contributed by atoms with Crippen LogP contribution in [0.15, 0.2) is 57.7 Å². The molecule has 4 aromatic rings. The smallest absolute Gasteiger partial charge is 0.278 e. The monoisotopic (exact) mass is 402 g/mol. The average molecular weight is 403 g/mol. The molecule has 0 saturated heterocycles. The summed E-state index contributed by atoms with van der Waals surface area (Å²) < 4.78 is 2.04. The Morgan fingerprint density at radius 2 is 2.00 bits per heavy atom. The van der Waals surface area contributed by atoms with E-state index in [0.717, 1.165) is 10.0 Å². The van der Waals surface area contributed by atoms with Crippen molar-refractivity contribution in [1.29, 1.82) is 0 Å². The van der Waals surface area contributed by atoms with E-state index in [-0.39, 0.29) is 5.56 Å². The van der Waals surface area contributed by atoms with Gasteiger partial charge in [0.15, 0.2) is 4.34 Å². The highest BCUT2D eigenvalue weighted by Gasteiger charge is 2.09. The number of halogens is 1. The highest BCUT2D eigenvalue weighted by atomic mass is 35.5. The van der Waals surface area contributed by atoms with Crippen molar-refractivity contribution in [3.05, 3.63) is 63.9 Å². The van der Waals surface area contributed by atoms with Crippen LogP contribution in [0.1, 0.15) is 0 Å². The van der Waals surface area contributed by atoms with Crippen LogP contribution in [0.2, 0.25) is 5.02 Å². The summed E-state index contributed by atoms with van der Waals surface area (Å²) in [6, 6.07) is 14.5. The first-order valence-electron chi connectivity index (χ1n) is 7.50. The van der Waals surface area contributed by atoms with Gasteiger partial charge in [0, 0.05) is 10.7 Å². The number of benzene rings is 2. The van der Waals surface area contributed by atoms with Crippen molar-refractivity contribution < 1.29 is 0 Å². The molecule has 0 atom stereocenters. The second kappa shape index (κ2) is 7.40. The van der Waals surface area contributed by atoms with E-state index in [1.54, 1.807) is 30.3 Å². The molecule has 0 radical (unpaired) electrons. The summed E-state index contributed by atoms with van der Waals surface area (Å²) >= 11 is 8.72. The van der Waals surface area contributed by atoms with Gasteiger partial charge in [-0.1, -0.05) is 58.1 Å². The van der Waals surface area contributed by atoms with Gasteiger partial charge in [-0.25, -0.2) is 0 Å². The van der Waals surface area contributed by atoms with Crippen molar-refractivity contribution in [2.45, 2.75) is 10.2 Å². The van der Waals surface area contributed by atoms with Crippen molar-refractivity contribution in [3.8, 4) is 0 Å². The number of aromatic nitrogens is 5. The Balaban J connectivity index is 1.47. The lowest BCUT2D eigenvalue weighted by Gasteiger charge is -2.02. The number of hydrogen-bond acceptors (Lipinski definition) is 8. The Labute approximate surface area is 161 Å². The van der Waals surface area contributed by atoms with Gasteiger partial charge in [-0.15, -0.1) is 15.3 Å². The maximum atomic E-state index is 12.4. The SMILES string of the molecule is O=c1c2ccccc2nnn1CSc1nnc(Nc2cccc(Cl)c2)s1. The number of nitrogens with zero attached hydrogens (tertiary/aromatic N) is 5. The molecular formula is C16H11ClN6OS2. The predicted molar refractivity (Wildman–Crippen MR) is 104 cm³/mol. The highest BCUT2D eigenvalue weighted by Crippen LogP contribution is 2.28. The average Bonchev–Trinajstić information content (AvgIpc) is 3.09. The molecule has 0 aliphatic rings. The van der Waals surface area contributed by atoms with Crippen LogP contribution in [0.25, 0.3) is 10.9 Å². The van der Waals surface area contributed by atoms with Crippen LogP contribution in [0.3, 0.4) is 0 Å². The number of rotatable bonds is 5. The summed E-state index contributed by atoms with van der Waals surface area (Å²) in [5.41, 5.74) is 1.24. The van der Waals surface area contributed by atoms with Gasteiger partial charge in [0.1, 0.15) is 5.52 Å². The molecule has 0 saturated carbocycles. The maximum absolute atomic E-state index is 12.4. The number of nitrogens with one attached hydrogen (secondary N) is 1. The number of hydrogen-bond donors (Lipinski definition) is 1. The zero-order valence-electron chi connectivity index (χ0n) is 13.2. The lowest BCUT2D eigenvalue weighted by Crippen LogP contribution is -2.23. The molecule has 0 aliphatic carbocycles. The maximum Gasteiger partial charge on any atom is 0.278 e. The van der Waals surface area contributed by atoms with E-state index >= 15 is 0 Å². The van der Waals surface area contributed by atoms with E-state index in [4.69, 9.17) is 11.6 Å². The minimum Gasteiger partial charge on any atom is -0.330 e. The normalized spacial score (nSPS) is 11.0. The summed E-state index contributed by atoms with van der Waals surface area (Å²) in [6.07, 6.45) is 0. The van der Waals surface area contributed by atoms with E-state index in [2.05, 4.69) is 25.8 Å². The molecule has 1 N–H and O–H groups in total. The number of fused-ring (bicyclic) bond motifs is 1. The second-order valence-electron chi connectivity index (χ2n) is 5.19. The van der Waals surface area contributed by atoms with Crippen LogP contribution in [0.5, 0.6) is 0 Å². The summed E-state index contributed by atoms with van der Waals surface area (Å²) in [4.78, 5) is 12.4. The van der Waals surface area contributed by atoms with Gasteiger partial charge in [0.2, 0.25) is 5.13 Å². The topological polar surface area (TPSA) is 85.6 Å². The third-order valence-corrected chi connectivity index (χ3v) is 5.60. The van der Waals surface area contributed by atoms with Crippen LogP contribution in [-0.4, -0.2) is 25.2 Å². The van der Waals surface area contributed by atoms with Gasteiger partial charge in [0.25, 0.3) is 5.56 Å². The standard InChI is InChI=1S/C16H11ClN6OS2/c17-10-4-3-5-11(8-10)18-15-20-21-16(26-15)25-9-23-14(24)12-6-1-2-7-13(12)19-22-23/h1-8H,9H2,(H,18,20). The highest BCUT2D eigenvalue weighted by molar-refractivity contribution is 8.00. The van der Waals surface area contributed by atoms with E-state index in [1.165, 1.54) is 27.8 Å². The molecular weight excluding hydrogens is 392 g/mol. The fourth-order valence-electron chi connectivity index (χ4n) is 2.23. The molecule has 2 aromatic carbocycles. The van der Waals surface area contributed by atoms with Gasteiger partial charge in [-0.05, 0) is 30.3 Å². The zero-order chi connectivity index (χ0) is 17.9. The van der Waals surface area contributed by atoms with Gasteiger partial charge in [0.05, 0.1) is 11.3 Å². The van der Waals surface area contributed by atoms with E-state index in [9.17, 15) is 4.79 Å². The molecule has 0 aliphatic heterocycles. The van der Waals surface area contributed by atoms with Crippen LogP contribution < -0.4 is 10.9 Å². The van der Waals surface area contributed by atoms with E-state index < -0.39 is 0 Å². The molecule has 7 nitrogen and oxygen atoms in total. The molecule has 4 rings (SSSR count). The summed E-state index contributed by atoms with van der Waals surface area (Å²) in [7, 11) is 0. The van der Waals surface area contributed by atoms with Gasteiger partial charge in [-0.2, -0.15) is 4.68 Å². The first kappa shape index (κ1) is 17.0. The van der Waals surface area contributed by atoms with Crippen LogP contribution in [-0.2, 0) is 5.88 Å². The number of anilines is 2. The van der Waals surface area contributed by atoms with Crippen LogP contribution in [0, 0.1) is 0 Å². The lowest BCUT2D eigenvalue weighted by atomic mass is 10.2. The molecule has 26 heavy (non-hydrogen) atoms. The molecule has 0 unspecified atom stereocenters. The van der Waals surface area contributed by atoms with Crippen molar-refractivity contribution in [2.24, 2.45) is 0 Å². The van der Waals surface area contributed by atoms with E-state index in [0.29, 0.717) is 26.9 Å². The second-order valence-corrected chi connectivity index (χ2v) is 7.80. The molecule has 10 heteroatoms. The Morgan fingerprint density at radius 1 is 1.12 bits per heavy atom. The Morgan fingerprint density at radius 3 is 2.88 bits per heavy atom. The first-order valence-corrected chi connectivity index (χ1v) is 9.68. The molecule has 130 valence electrons. The first-order chi connectivity index (χ1) is 12.7. The quantitative estimate of drug-likeness (QED) is 0.508. The Hall–Kier alpha value is -2.49. The third kappa shape index (κ3) is 3.69. The largest absolute Gasteiger partial charge is 0.330 e.